The molecule has 2 N–H and O–H groups in total. The van der Waals surface area contributed by atoms with E-state index in [-0.39, 0.29) is 11.5 Å². The fraction of sp³-hybridized carbons (Fsp3) is 0. The summed E-state index contributed by atoms with van der Waals surface area (Å²) in [6, 6.07) is 2.77. The Morgan fingerprint density at radius 1 is 1.50 bits per heavy atom. The number of nitrogens with zero attached hydrogens (tertiary/aromatic N) is 4. The van der Waals surface area contributed by atoms with Crippen LogP contribution >= 0.6 is 0 Å². The van der Waals surface area contributed by atoms with Crippen LogP contribution in [0.1, 0.15) is 10.4 Å². The molecular weight excluding hydrogens is 247 g/mol. The first-order valence-corrected chi connectivity index (χ1v) is 4.56. The van der Waals surface area contributed by atoms with Gasteiger partial charge in [0.2, 0.25) is 5.82 Å². The van der Waals surface area contributed by atoms with E-state index in [4.69, 9.17) is 0 Å². The van der Waals surface area contributed by atoms with Crippen molar-refractivity contribution in [3.8, 4) is 0 Å². The van der Waals surface area contributed by atoms with Gasteiger partial charge in [0, 0.05) is 11.6 Å². The van der Waals surface area contributed by atoms with Crippen molar-refractivity contribution in [3.05, 3.63) is 39.7 Å². The number of nitrogens with one attached hydrogen (secondary N) is 2. The molecule has 0 atom stereocenters. The zero-order valence-electron chi connectivity index (χ0n) is 8.62. The minimum atomic E-state index is -1.02. The van der Waals surface area contributed by atoms with E-state index in [0.29, 0.717) is 0 Å². The van der Waals surface area contributed by atoms with Gasteiger partial charge in [0.25, 0.3) is 11.9 Å². The second-order valence-electron chi connectivity index (χ2n) is 3.11. The van der Waals surface area contributed by atoms with Crippen LogP contribution in [-0.2, 0) is 0 Å². The summed E-state index contributed by atoms with van der Waals surface area (Å²) >= 11 is 0. The van der Waals surface area contributed by atoms with Gasteiger partial charge in [0.15, 0.2) is 0 Å². The predicted octanol–water partition coefficient (Wildman–Crippen LogP) is 0.499. The molecule has 1 heterocycles. The molecule has 0 fully saturated rings. The van der Waals surface area contributed by atoms with E-state index in [1.807, 2.05) is 0 Å². The molecule has 2 rings (SSSR count). The number of carbonyl (C=O) groups excluding carboxylic acids is 1. The summed E-state index contributed by atoms with van der Waals surface area (Å²) in [4.78, 5) is 21.2. The van der Waals surface area contributed by atoms with Crippen LogP contribution in [0, 0.1) is 15.9 Å². The van der Waals surface area contributed by atoms with Gasteiger partial charge in [0.1, 0.15) is 0 Å². The lowest BCUT2D eigenvalue weighted by Gasteiger charge is -2.00. The fourth-order valence-electron chi connectivity index (χ4n) is 1.18. The lowest BCUT2D eigenvalue weighted by atomic mass is 10.2. The highest BCUT2D eigenvalue weighted by molar-refractivity contribution is 6.03. The summed E-state index contributed by atoms with van der Waals surface area (Å²) < 4.78 is 13.0. The van der Waals surface area contributed by atoms with Gasteiger partial charge in [-0.25, -0.2) is 0 Å². The maximum absolute atomic E-state index is 13.0. The zero-order valence-corrected chi connectivity index (χ0v) is 8.62. The van der Waals surface area contributed by atoms with E-state index >= 15 is 0 Å². The number of nitro benzene ring substituents is 1. The van der Waals surface area contributed by atoms with Crippen LogP contribution in [0.3, 0.4) is 0 Å². The number of carbonyl (C=O) groups is 1. The summed E-state index contributed by atoms with van der Waals surface area (Å²) in [5.41, 5.74) is -0.872. The standard InChI is InChI=1S/C8H5FN6O3/c9-5-2-1-4(3-6(5)15(17)18)7(16)10-8-11-13-14-12-8/h1-3H,(H2,10,11,12,13,14,16). The van der Waals surface area contributed by atoms with Crippen LogP contribution in [0.25, 0.3) is 0 Å². The van der Waals surface area contributed by atoms with E-state index in [2.05, 4.69) is 25.9 Å². The van der Waals surface area contributed by atoms with Gasteiger partial charge in [-0.3, -0.25) is 20.2 Å². The molecule has 92 valence electrons. The van der Waals surface area contributed by atoms with Crippen LogP contribution in [0.5, 0.6) is 0 Å². The first-order chi connectivity index (χ1) is 8.58. The van der Waals surface area contributed by atoms with Gasteiger partial charge in [-0.15, -0.1) is 5.10 Å². The minimum absolute atomic E-state index is 0.0899. The number of rotatable bonds is 3. The smallest absolute Gasteiger partial charge is 0.288 e. The molecule has 2 aromatic rings. The van der Waals surface area contributed by atoms with Gasteiger partial charge < -0.3 is 0 Å². The van der Waals surface area contributed by atoms with Crippen LogP contribution in [0.4, 0.5) is 16.0 Å². The lowest BCUT2D eigenvalue weighted by molar-refractivity contribution is -0.387. The number of aromatic nitrogens is 4. The van der Waals surface area contributed by atoms with E-state index in [0.717, 1.165) is 18.2 Å². The molecule has 0 spiro atoms. The van der Waals surface area contributed by atoms with Gasteiger partial charge in [-0.05, 0) is 17.3 Å². The third kappa shape index (κ3) is 2.26. The fourth-order valence-corrected chi connectivity index (χ4v) is 1.18. The molecule has 1 aromatic heterocycles. The van der Waals surface area contributed by atoms with Crippen molar-refractivity contribution in [2.45, 2.75) is 0 Å². The Labute approximate surface area is 98.2 Å². The number of hydrogen-bond donors (Lipinski definition) is 2. The highest BCUT2D eigenvalue weighted by Crippen LogP contribution is 2.18. The molecule has 1 aromatic carbocycles. The number of benzene rings is 1. The maximum Gasteiger partial charge on any atom is 0.305 e. The van der Waals surface area contributed by atoms with Crippen molar-refractivity contribution in [2.75, 3.05) is 5.32 Å². The third-order valence-corrected chi connectivity index (χ3v) is 1.98. The van der Waals surface area contributed by atoms with E-state index in [9.17, 15) is 19.3 Å². The Bertz CT molecular complexity index is 599. The van der Waals surface area contributed by atoms with Crippen molar-refractivity contribution in [2.24, 2.45) is 0 Å². The van der Waals surface area contributed by atoms with Gasteiger partial charge in [0.05, 0.1) is 4.92 Å². The van der Waals surface area contributed by atoms with Crippen molar-refractivity contribution in [1.82, 2.24) is 20.6 Å². The molecular formula is C8H5FN6O3. The average molecular weight is 252 g/mol. The number of tetrazole rings is 1. The first kappa shape index (κ1) is 11.6. The number of amides is 1. The molecule has 0 radical (unpaired) electrons. The van der Waals surface area contributed by atoms with Crippen LogP contribution in [0.15, 0.2) is 18.2 Å². The summed E-state index contributed by atoms with van der Waals surface area (Å²) in [7, 11) is 0. The Morgan fingerprint density at radius 2 is 2.28 bits per heavy atom. The number of anilines is 1. The lowest BCUT2D eigenvalue weighted by Crippen LogP contribution is -2.13. The van der Waals surface area contributed by atoms with Crippen molar-refractivity contribution in [3.63, 3.8) is 0 Å². The zero-order chi connectivity index (χ0) is 13.1. The van der Waals surface area contributed by atoms with Crippen LogP contribution < -0.4 is 5.32 Å². The van der Waals surface area contributed by atoms with Gasteiger partial charge in [-0.1, -0.05) is 5.10 Å². The SMILES string of the molecule is O=C(Nc1nn[nH]n1)c1ccc(F)c([N+](=O)[O-])c1. The van der Waals surface area contributed by atoms with E-state index in [1.165, 1.54) is 0 Å². The minimum Gasteiger partial charge on any atom is -0.288 e. The molecule has 18 heavy (non-hydrogen) atoms. The maximum atomic E-state index is 13.0. The monoisotopic (exact) mass is 252 g/mol. The first-order valence-electron chi connectivity index (χ1n) is 4.56. The molecule has 0 unspecified atom stereocenters. The Kier molecular flexibility index (Phi) is 2.91. The second kappa shape index (κ2) is 4.53. The summed E-state index contributed by atoms with van der Waals surface area (Å²) in [5, 5.41) is 25.0. The molecule has 0 aliphatic heterocycles. The Balaban J connectivity index is 2.26. The number of aromatic amines is 1. The number of hydrogen-bond acceptors (Lipinski definition) is 6. The summed E-state index contributed by atoms with van der Waals surface area (Å²) in [5.74, 6) is -1.82. The molecule has 9 nitrogen and oxygen atoms in total. The summed E-state index contributed by atoms with van der Waals surface area (Å²) in [6.07, 6.45) is 0. The molecule has 10 heteroatoms. The summed E-state index contributed by atoms with van der Waals surface area (Å²) in [6.45, 7) is 0. The van der Waals surface area contributed by atoms with Gasteiger partial charge in [-0.2, -0.15) is 9.60 Å². The van der Waals surface area contributed by atoms with E-state index < -0.39 is 22.3 Å². The Morgan fingerprint density at radius 3 is 2.89 bits per heavy atom. The average Bonchev–Trinajstić information content (AvgIpc) is 2.81. The molecule has 1 amide bonds. The molecule has 0 saturated carbocycles. The number of halogens is 1. The Hall–Kier alpha value is -2.91. The molecule has 0 saturated heterocycles. The third-order valence-electron chi connectivity index (χ3n) is 1.98. The molecule has 0 bridgehead atoms. The quantitative estimate of drug-likeness (QED) is 0.604. The largest absolute Gasteiger partial charge is 0.305 e. The highest BCUT2D eigenvalue weighted by atomic mass is 19.1. The molecule has 0 aliphatic carbocycles. The van der Waals surface area contributed by atoms with Crippen molar-refractivity contribution < 1.29 is 14.1 Å². The van der Waals surface area contributed by atoms with Crippen molar-refractivity contribution in [1.29, 1.82) is 0 Å². The van der Waals surface area contributed by atoms with E-state index in [1.54, 1.807) is 0 Å². The second-order valence-corrected chi connectivity index (χ2v) is 3.11. The number of H-pyrrole nitrogens is 1. The van der Waals surface area contributed by atoms with Crippen molar-refractivity contribution >= 4 is 17.5 Å². The van der Waals surface area contributed by atoms with Crippen LogP contribution in [0.2, 0.25) is 0 Å². The van der Waals surface area contributed by atoms with Crippen LogP contribution in [-0.4, -0.2) is 31.5 Å². The molecule has 0 aliphatic rings. The highest BCUT2D eigenvalue weighted by Gasteiger charge is 2.18. The normalized spacial score (nSPS) is 10.1. The van der Waals surface area contributed by atoms with Gasteiger partial charge >= 0.3 is 5.69 Å². The number of nitro groups is 1. The predicted molar refractivity (Wildman–Crippen MR) is 55.2 cm³/mol. The topological polar surface area (TPSA) is 127 Å².